The van der Waals surface area contributed by atoms with Crippen LogP contribution in [0.2, 0.25) is 0 Å². The van der Waals surface area contributed by atoms with Crippen LogP contribution in [0, 0.1) is 0 Å². The third-order valence-corrected chi connectivity index (χ3v) is 3.41. The number of unbranched alkanes of at least 4 members (excludes halogenated alkanes) is 9. The van der Waals surface area contributed by atoms with E-state index in [1.54, 1.807) is 0 Å². The molecule has 8 nitrogen and oxygen atoms in total. The first kappa shape index (κ1) is 25.0. The molecular formula is C14H32O8S. The smallest absolute Gasteiger partial charge is 0.388 e. The number of hydrogen-bond acceptors (Lipinski definition) is 7. The molecule has 0 unspecified atom stereocenters. The zero-order chi connectivity index (χ0) is 18.2. The second kappa shape index (κ2) is 15.3. The third kappa shape index (κ3) is 30.2. The van der Waals surface area contributed by atoms with Gasteiger partial charge >= 0.3 is 10.4 Å². The predicted molar refractivity (Wildman–Crippen MR) is 85.8 cm³/mol. The second-order valence-corrected chi connectivity index (χ2v) is 6.46. The van der Waals surface area contributed by atoms with Crippen LogP contribution in [-0.4, -0.2) is 52.6 Å². The SMILES string of the molecule is CCCCCCCCCCCCOS(=O)(=O)O.OCC(O)(O)O. The van der Waals surface area contributed by atoms with Gasteiger partial charge < -0.3 is 20.4 Å². The molecule has 0 fully saturated rings. The van der Waals surface area contributed by atoms with Crippen LogP contribution in [0.4, 0.5) is 0 Å². The Balaban J connectivity index is 0. The minimum Gasteiger partial charge on any atom is -0.388 e. The molecule has 0 aromatic heterocycles. The Labute approximate surface area is 139 Å². The quantitative estimate of drug-likeness (QED) is 0.188. The molecule has 0 saturated heterocycles. The van der Waals surface area contributed by atoms with Crippen LogP contribution in [0.1, 0.15) is 71.1 Å². The Kier molecular flexibility index (Phi) is 16.5. The highest BCUT2D eigenvalue weighted by Crippen LogP contribution is 2.10. The second-order valence-electron chi connectivity index (χ2n) is 5.36. The Morgan fingerprint density at radius 3 is 1.48 bits per heavy atom. The number of aliphatic hydroxyl groups excluding tert-OH is 1. The van der Waals surface area contributed by atoms with Gasteiger partial charge in [-0.1, -0.05) is 64.7 Å². The monoisotopic (exact) mass is 360 g/mol. The van der Waals surface area contributed by atoms with E-state index in [1.165, 1.54) is 44.9 Å². The van der Waals surface area contributed by atoms with Crippen molar-refractivity contribution in [2.75, 3.05) is 13.2 Å². The van der Waals surface area contributed by atoms with E-state index in [0.717, 1.165) is 12.8 Å². The van der Waals surface area contributed by atoms with Gasteiger partial charge in [0.25, 0.3) is 5.97 Å². The molecule has 5 N–H and O–H groups in total. The van der Waals surface area contributed by atoms with Crippen molar-refractivity contribution >= 4 is 10.4 Å². The Morgan fingerprint density at radius 1 is 0.826 bits per heavy atom. The van der Waals surface area contributed by atoms with Crippen molar-refractivity contribution in [1.29, 1.82) is 0 Å². The minimum absolute atomic E-state index is 0.0926. The average Bonchev–Trinajstić information content (AvgIpc) is 2.43. The normalized spacial score (nSPS) is 11.9. The molecule has 142 valence electrons. The topological polar surface area (TPSA) is 145 Å². The first-order chi connectivity index (χ1) is 10.6. The van der Waals surface area contributed by atoms with Crippen molar-refractivity contribution in [3.8, 4) is 0 Å². The molecule has 0 aliphatic carbocycles. The van der Waals surface area contributed by atoms with Gasteiger partial charge in [-0.15, -0.1) is 0 Å². The van der Waals surface area contributed by atoms with E-state index in [-0.39, 0.29) is 6.61 Å². The van der Waals surface area contributed by atoms with Crippen molar-refractivity contribution in [1.82, 2.24) is 0 Å². The van der Waals surface area contributed by atoms with Gasteiger partial charge in [-0.3, -0.25) is 4.55 Å². The van der Waals surface area contributed by atoms with Crippen LogP contribution < -0.4 is 0 Å². The van der Waals surface area contributed by atoms with Gasteiger partial charge in [-0.05, 0) is 6.42 Å². The third-order valence-electron chi connectivity index (χ3n) is 2.94. The summed E-state index contributed by atoms with van der Waals surface area (Å²) in [5, 5.41) is 30.7. The zero-order valence-corrected chi connectivity index (χ0v) is 14.7. The molecule has 9 heteroatoms. The van der Waals surface area contributed by atoms with Crippen LogP contribution in [0.3, 0.4) is 0 Å². The molecule has 0 aromatic rings. The van der Waals surface area contributed by atoms with E-state index in [2.05, 4.69) is 11.1 Å². The van der Waals surface area contributed by atoms with Crippen LogP contribution in [0.15, 0.2) is 0 Å². The van der Waals surface area contributed by atoms with Gasteiger partial charge in [-0.25, -0.2) is 4.18 Å². The Hall–Kier alpha value is -0.290. The molecule has 0 saturated carbocycles. The fourth-order valence-electron chi connectivity index (χ4n) is 1.75. The lowest BCUT2D eigenvalue weighted by atomic mass is 10.1. The minimum atomic E-state index is -4.23. The van der Waals surface area contributed by atoms with Gasteiger partial charge in [0.1, 0.15) is 6.61 Å². The summed E-state index contributed by atoms with van der Waals surface area (Å²) in [6, 6.07) is 0. The lowest BCUT2D eigenvalue weighted by molar-refractivity contribution is -0.326. The van der Waals surface area contributed by atoms with Crippen LogP contribution in [-0.2, 0) is 14.6 Å². The maximum absolute atomic E-state index is 10.2. The first-order valence-electron chi connectivity index (χ1n) is 8.02. The summed E-state index contributed by atoms with van der Waals surface area (Å²) < 4.78 is 33.0. The number of hydrogen-bond donors (Lipinski definition) is 5. The molecule has 0 amide bonds. The number of aliphatic hydroxyl groups is 4. The van der Waals surface area contributed by atoms with E-state index < -0.39 is 23.0 Å². The Bertz CT molecular complexity index is 337. The van der Waals surface area contributed by atoms with Gasteiger partial charge in [0, 0.05) is 0 Å². The lowest BCUT2D eigenvalue weighted by Crippen LogP contribution is -2.31. The van der Waals surface area contributed by atoms with Gasteiger partial charge in [0.15, 0.2) is 0 Å². The molecular weight excluding hydrogens is 328 g/mol. The van der Waals surface area contributed by atoms with Crippen molar-refractivity contribution in [2.45, 2.75) is 77.1 Å². The van der Waals surface area contributed by atoms with Crippen molar-refractivity contribution in [3.63, 3.8) is 0 Å². The molecule has 23 heavy (non-hydrogen) atoms. The van der Waals surface area contributed by atoms with Gasteiger partial charge in [0.2, 0.25) is 0 Å². The van der Waals surface area contributed by atoms with E-state index in [0.29, 0.717) is 6.42 Å². The Morgan fingerprint density at radius 2 is 1.17 bits per heavy atom. The molecule has 0 spiro atoms. The molecule has 0 rings (SSSR count). The number of rotatable bonds is 13. The molecule has 0 aromatic carbocycles. The summed E-state index contributed by atoms with van der Waals surface area (Å²) >= 11 is 0. The fraction of sp³-hybridized carbons (Fsp3) is 1.00. The summed E-state index contributed by atoms with van der Waals surface area (Å²) in [5.74, 6) is -2.90. The maximum atomic E-state index is 10.2. The summed E-state index contributed by atoms with van der Waals surface area (Å²) in [6.07, 6.45) is 11.9. The highest BCUT2D eigenvalue weighted by Gasteiger charge is 2.13. The predicted octanol–water partition coefficient (Wildman–Crippen LogP) is 1.34. The summed E-state index contributed by atoms with van der Waals surface area (Å²) in [5.41, 5.74) is 0. The van der Waals surface area contributed by atoms with Crippen molar-refractivity contribution < 1.29 is 37.6 Å². The summed E-state index contributed by atoms with van der Waals surface area (Å²) in [6.45, 7) is 1.25. The van der Waals surface area contributed by atoms with Crippen LogP contribution >= 0.6 is 0 Å². The molecule has 0 bridgehead atoms. The van der Waals surface area contributed by atoms with Gasteiger partial charge in [0.05, 0.1) is 6.61 Å². The van der Waals surface area contributed by atoms with Gasteiger partial charge in [-0.2, -0.15) is 8.42 Å². The molecule has 0 heterocycles. The standard InChI is InChI=1S/C12H26O4S.C2H6O4/c1-2-3-4-5-6-7-8-9-10-11-12-16-17(13,14)15;3-1-2(4,5)6/h2-12H2,1H3,(H,13,14,15);3-6H,1H2. The highest BCUT2D eigenvalue weighted by atomic mass is 32.3. The first-order valence-corrected chi connectivity index (χ1v) is 9.38. The van der Waals surface area contributed by atoms with E-state index in [4.69, 9.17) is 25.0 Å². The van der Waals surface area contributed by atoms with E-state index in [9.17, 15) is 8.42 Å². The van der Waals surface area contributed by atoms with Crippen molar-refractivity contribution in [2.24, 2.45) is 0 Å². The molecule has 0 aliphatic heterocycles. The van der Waals surface area contributed by atoms with Crippen LogP contribution in [0.5, 0.6) is 0 Å². The molecule has 0 radical (unpaired) electrons. The van der Waals surface area contributed by atoms with Crippen LogP contribution in [0.25, 0.3) is 0 Å². The van der Waals surface area contributed by atoms with Crippen molar-refractivity contribution in [3.05, 3.63) is 0 Å². The largest absolute Gasteiger partial charge is 0.397 e. The van der Waals surface area contributed by atoms with E-state index in [1.807, 2.05) is 0 Å². The lowest BCUT2D eigenvalue weighted by Gasteiger charge is -2.07. The zero-order valence-electron chi connectivity index (χ0n) is 13.9. The summed E-state index contributed by atoms with van der Waals surface area (Å²) in [4.78, 5) is 0. The molecule has 0 aliphatic rings. The summed E-state index contributed by atoms with van der Waals surface area (Å²) in [7, 11) is -4.23. The average molecular weight is 360 g/mol. The highest BCUT2D eigenvalue weighted by molar-refractivity contribution is 7.80. The molecule has 0 atom stereocenters. The van der Waals surface area contributed by atoms with E-state index >= 15 is 0 Å². The maximum Gasteiger partial charge on any atom is 0.397 e. The fourth-order valence-corrected chi connectivity index (χ4v) is 2.08.